The highest BCUT2D eigenvalue weighted by atomic mass is 32.2. The molecule has 1 amide bonds. The first-order valence-corrected chi connectivity index (χ1v) is 13.4. The largest absolute Gasteiger partial charge is 0.332 e. The van der Waals surface area contributed by atoms with E-state index >= 15 is 0 Å². The van der Waals surface area contributed by atoms with Crippen molar-refractivity contribution in [1.82, 2.24) is 19.9 Å². The van der Waals surface area contributed by atoms with Crippen LogP contribution in [0, 0.1) is 13.8 Å². The number of likely N-dealkylation sites (tertiary alicyclic amines) is 1. The van der Waals surface area contributed by atoms with Crippen molar-refractivity contribution in [3.05, 3.63) is 55.9 Å². The van der Waals surface area contributed by atoms with Crippen molar-refractivity contribution < 1.29 is 4.79 Å². The topological polar surface area (TPSA) is 79.0 Å². The van der Waals surface area contributed by atoms with Crippen LogP contribution in [0.15, 0.2) is 29.1 Å². The van der Waals surface area contributed by atoms with Gasteiger partial charge < -0.3 is 9.88 Å². The molecule has 166 valence electrons. The predicted octanol–water partition coefficient (Wildman–Crippen LogP) is 5.20. The number of para-hydroxylation sites is 1. The lowest BCUT2D eigenvalue weighted by atomic mass is 10.2. The van der Waals surface area contributed by atoms with E-state index in [0.29, 0.717) is 17.0 Å². The van der Waals surface area contributed by atoms with Crippen molar-refractivity contribution >= 4 is 60.8 Å². The number of thioether (sulfide) groups is 1. The molecule has 4 aromatic rings. The number of rotatable bonds is 5. The Labute approximate surface area is 198 Å². The zero-order valence-corrected chi connectivity index (χ0v) is 20.6. The molecule has 9 heteroatoms. The van der Waals surface area contributed by atoms with Crippen LogP contribution >= 0.6 is 34.4 Å². The maximum absolute atomic E-state index is 13.3. The number of nitrogens with zero attached hydrogens (tertiary/aromatic N) is 3. The number of fused-ring (bicyclic) bond motifs is 2. The molecule has 1 aliphatic rings. The van der Waals surface area contributed by atoms with Gasteiger partial charge in [-0.15, -0.1) is 34.4 Å². The summed E-state index contributed by atoms with van der Waals surface area (Å²) in [7, 11) is 0. The molecular weight excluding hydrogens is 460 g/mol. The number of thiophene rings is 1. The van der Waals surface area contributed by atoms with Gasteiger partial charge in [0.15, 0.2) is 0 Å². The zero-order chi connectivity index (χ0) is 22.4. The number of aryl methyl sites for hydroxylation is 2. The van der Waals surface area contributed by atoms with Gasteiger partial charge in [0, 0.05) is 11.4 Å². The molecule has 0 radical (unpaired) electrons. The summed E-state index contributed by atoms with van der Waals surface area (Å²) in [5.41, 5.74) is 1.90. The third kappa shape index (κ3) is 3.86. The van der Waals surface area contributed by atoms with E-state index in [2.05, 4.69) is 16.0 Å². The summed E-state index contributed by atoms with van der Waals surface area (Å²) in [4.78, 5) is 42.0. The third-order valence-corrected chi connectivity index (χ3v) is 9.42. The number of hydrogen-bond donors (Lipinski definition) is 1. The summed E-state index contributed by atoms with van der Waals surface area (Å²) in [6.45, 7) is 6.67. The molecule has 3 aromatic heterocycles. The number of H-pyrrole nitrogens is 1. The number of aromatic nitrogens is 3. The van der Waals surface area contributed by atoms with Crippen LogP contribution in [0.3, 0.4) is 0 Å². The molecule has 4 heterocycles. The maximum Gasteiger partial charge on any atom is 0.259 e. The smallest absolute Gasteiger partial charge is 0.259 e. The van der Waals surface area contributed by atoms with Gasteiger partial charge in [0.05, 0.1) is 32.6 Å². The molecule has 0 aliphatic carbocycles. The van der Waals surface area contributed by atoms with Gasteiger partial charge in [-0.3, -0.25) is 9.59 Å². The fraction of sp³-hybridized carbons (Fsp3) is 0.391. The molecule has 5 rings (SSSR count). The average molecular weight is 485 g/mol. The van der Waals surface area contributed by atoms with E-state index in [4.69, 9.17) is 4.98 Å². The maximum atomic E-state index is 13.3. The first kappa shape index (κ1) is 21.6. The molecule has 32 heavy (non-hydrogen) atoms. The number of amides is 1. The monoisotopic (exact) mass is 484 g/mol. The third-order valence-electron chi connectivity index (χ3n) is 6.04. The SMILES string of the molecule is Cc1sc2nc(CSC(C)C(=O)N3CCCC3c3nc4ccccc4s3)[nH]c(=O)c2c1C. The van der Waals surface area contributed by atoms with Gasteiger partial charge in [-0.05, 0) is 51.3 Å². The van der Waals surface area contributed by atoms with E-state index in [1.165, 1.54) is 11.8 Å². The van der Waals surface area contributed by atoms with E-state index in [-0.39, 0.29) is 22.8 Å². The second kappa shape index (κ2) is 8.61. The summed E-state index contributed by atoms with van der Waals surface area (Å²) >= 11 is 4.75. The normalized spacial score (nSPS) is 17.5. The second-order valence-electron chi connectivity index (χ2n) is 8.14. The summed E-state index contributed by atoms with van der Waals surface area (Å²) in [6, 6.07) is 8.17. The van der Waals surface area contributed by atoms with Crippen LogP contribution in [0.4, 0.5) is 0 Å². The fourth-order valence-corrected chi connectivity index (χ4v) is 7.18. The summed E-state index contributed by atoms with van der Waals surface area (Å²) in [5.74, 6) is 1.24. The van der Waals surface area contributed by atoms with Gasteiger partial charge in [0.1, 0.15) is 15.7 Å². The summed E-state index contributed by atoms with van der Waals surface area (Å²) < 4.78 is 1.16. The van der Waals surface area contributed by atoms with E-state index in [1.807, 2.05) is 43.9 Å². The van der Waals surface area contributed by atoms with Crippen molar-refractivity contribution in [2.45, 2.75) is 50.7 Å². The highest BCUT2D eigenvalue weighted by Crippen LogP contribution is 2.37. The Morgan fingerprint density at radius 1 is 1.28 bits per heavy atom. The highest BCUT2D eigenvalue weighted by Gasteiger charge is 2.34. The van der Waals surface area contributed by atoms with E-state index < -0.39 is 0 Å². The lowest BCUT2D eigenvalue weighted by Crippen LogP contribution is -2.36. The van der Waals surface area contributed by atoms with E-state index in [1.54, 1.807) is 22.7 Å². The van der Waals surface area contributed by atoms with Gasteiger partial charge in [0.2, 0.25) is 5.91 Å². The van der Waals surface area contributed by atoms with E-state index in [9.17, 15) is 9.59 Å². The molecule has 1 aromatic carbocycles. The Morgan fingerprint density at radius 2 is 2.09 bits per heavy atom. The lowest BCUT2D eigenvalue weighted by Gasteiger charge is -2.26. The number of carbonyl (C=O) groups excluding carboxylic acids is 1. The van der Waals surface area contributed by atoms with Crippen LogP contribution in [-0.2, 0) is 10.5 Å². The van der Waals surface area contributed by atoms with Gasteiger partial charge in [0.25, 0.3) is 5.56 Å². The predicted molar refractivity (Wildman–Crippen MR) is 134 cm³/mol. The van der Waals surface area contributed by atoms with Crippen LogP contribution in [0.25, 0.3) is 20.4 Å². The molecule has 6 nitrogen and oxygen atoms in total. The van der Waals surface area contributed by atoms with Crippen molar-refractivity contribution in [1.29, 1.82) is 0 Å². The first-order valence-electron chi connectivity index (χ1n) is 10.7. The Hall–Kier alpha value is -2.23. The zero-order valence-electron chi connectivity index (χ0n) is 18.2. The molecule has 1 aliphatic heterocycles. The average Bonchev–Trinajstić information content (AvgIpc) is 3.48. The molecule has 0 spiro atoms. The highest BCUT2D eigenvalue weighted by molar-refractivity contribution is 7.99. The van der Waals surface area contributed by atoms with Crippen molar-refractivity contribution in [2.75, 3.05) is 6.54 Å². The molecule has 0 bridgehead atoms. The molecule has 1 fully saturated rings. The quantitative estimate of drug-likeness (QED) is 0.421. The van der Waals surface area contributed by atoms with Crippen LogP contribution in [0.2, 0.25) is 0 Å². The van der Waals surface area contributed by atoms with Gasteiger partial charge in [-0.1, -0.05) is 12.1 Å². The van der Waals surface area contributed by atoms with Gasteiger partial charge in [-0.2, -0.15) is 0 Å². The van der Waals surface area contributed by atoms with Crippen molar-refractivity contribution in [3.63, 3.8) is 0 Å². The molecule has 2 atom stereocenters. The minimum atomic E-state index is -0.224. The van der Waals surface area contributed by atoms with Crippen LogP contribution < -0.4 is 5.56 Å². The molecule has 1 N–H and O–H groups in total. The number of benzene rings is 1. The Kier molecular flexibility index (Phi) is 5.81. The number of hydrogen-bond acceptors (Lipinski definition) is 7. The minimum Gasteiger partial charge on any atom is -0.332 e. The summed E-state index contributed by atoms with van der Waals surface area (Å²) in [5, 5.41) is 1.48. The number of nitrogens with one attached hydrogen (secondary N) is 1. The van der Waals surface area contributed by atoms with E-state index in [0.717, 1.165) is 49.9 Å². The fourth-order valence-electron chi connectivity index (χ4n) is 4.20. The number of carbonyl (C=O) groups is 1. The number of thiazole rings is 1. The molecular formula is C23H24N4O2S3. The minimum absolute atomic E-state index is 0.0503. The van der Waals surface area contributed by atoms with Gasteiger partial charge >= 0.3 is 0 Å². The van der Waals surface area contributed by atoms with Crippen molar-refractivity contribution in [2.24, 2.45) is 0 Å². The standard InChI is InChI=1S/C23H24N4O2S3/c1-12-13(2)31-22-19(12)20(28)25-18(26-22)11-30-14(3)23(29)27-10-6-8-16(27)21-24-15-7-4-5-9-17(15)32-21/h4-5,7,9,14,16H,6,8,10-11H2,1-3H3,(H,25,26,28). The molecule has 0 saturated carbocycles. The summed E-state index contributed by atoms with van der Waals surface area (Å²) in [6.07, 6.45) is 1.94. The number of aromatic amines is 1. The Morgan fingerprint density at radius 3 is 2.91 bits per heavy atom. The lowest BCUT2D eigenvalue weighted by molar-refractivity contribution is -0.131. The molecule has 1 saturated heterocycles. The van der Waals surface area contributed by atoms with Crippen LogP contribution in [0.5, 0.6) is 0 Å². The Bertz CT molecular complexity index is 1340. The Balaban J connectivity index is 1.30. The first-order chi connectivity index (χ1) is 15.4. The van der Waals surface area contributed by atoms with Gasteiger partial charge in [-0.25, -0.2) is 9.97 Å². The van der Waals surface area contributed by atoms with Crippen molar-refractivity contribution in [3.8, 4) is 0 Å². The van der Waals surface area contributed by atoms with Crippen LogP contribution in [-0.4, -0.2) is 37.6 Å². The second-order valence-corrected chi connectivity index (χ2v) is 11.7. The van der Waals surface area contributed by atoms with Crippen LogP contribution in [0.1, 0.15) is 47.1 Å². The molecule has 2 unspecified atom stereocenters.